The molecule has 3 N–H and O–H groups in total. The number of nitrogens with two attached hydrogens (primary N) is 1. The van der Waals surface area contributed by atoms with Crippen molar-refractivity contribution in [3.8, 4) is 5.75 Å². The molecule has 2 aromatic rings. The Labute approximate surface area is 139 Å². The summed E-state index contributed by atoms with van der Waals surface area (Å²) >= 11 is 6.77. The van der Waals surface area contributed by atoms with Crippen molar-refractivity contribution in [1.82, 2.24) is 0 Å². The highest BCUT2D eigenvalue weighted by atomic mass is 79.9. The number of carbonyl (C=O) groups is 1. The maximum absolute atomic E-state index is 12.3. The van der Waals surface area contributed by atoms with Gasteiger partial charge in [-0.25, -0.2) is 0 Å². The van der Waals surface area contributed by atoms with E-state index in [9.17, 15) is 4.79 Å². The molecule has 0 aromatic heterocycles. The molecule has 4 nitrogen and oxygen atoms in total. The third kappa shape index (κ3) is 3.57. The summed E-state index contributed by atoms with van der Waals surface area (Å²) in [6, 6.07) is 8.83. The van der Waals surface area contributed by atoms with Crippen molar-refractivity contribution in [3.05, 3.63) is 50.4 Å². The lowest BCUT2D eigenvalue weighted by molar-refractivity contribution is 0.102. The zero-order valence-corrected chi connectivity index (χ0v) is 14.7. The molecule has 0 unspecified atom stereocenters. The number of halogens is 2. The van der Waals surface area contributed by atoms with E-state index in [1.54, 1.807) is 25.3 Å². The minimum atomic E-state index is -0.241. The van der Waals surface area contributed by atoms with Crippen LogP contribution in [0.25, 0.3) is 0 Å². The zero-order chi connectivity index (χ0) is 15.6. The summed E-state index contributed by atoms with van der Waals surface area (Å²) in [5.74, 6) is 0.428. The van der Waals surface area contributed by atoms with Gasteiger partial charge in [0.15, 0.2) is 0 Å². The van der Waals surface area contributed by atoms with Crippen LogP contribution in [-0.4, -0.2) is 13.0 Å². The van der Waals surface area contributed by atoms with Crippen molar-refractivity contribution in [2.75, 3.05) is 18.2 Å². The second-order valence-corrected chi connectivity index (χ2v) is 6.22. The van der Waals surface area contributed by atoms with E-state index in [0.29, 0.717) is 27.2 Å². The van der Waals surface area contributed by atoms with Crippen LogP contribution in [0.2, 0.25) is 0 Å². The Bertz CT molecular complexity index is 679. The van der Waals surface area contributed by atoms with Gasteiger partial charge in [-0.1, -0.05) is 0 Å². The van der Waals surface area contributed by atoms with E-state index < -0.39 is 0 Å². The number of nitrogens with one attached hydrogen (secondary N) is 1. The number of hydrogen-bond donors (Lipinski definition) is 2. The van der Waals surface area contributed by atoms with E-state index in [4.69, 9.17) is 10.5 Å². The Balaban J connectivity index is 2.28. The van der Waals surface area contributed by atoms with Crippen molar-refractivity contribution in [2.24, 2.45) is 0 Å². The fraction of sp³-hybridized carbons (Fsp3) is 0.133. The van der Waals surface area contributed by atoms with Crippen molar-refractivity contribution in [1.29, 1.82) is 0 Å². The minimum Gasteiger partial charge on any atom is -0.496 e. The van der Waals surface area contributed by atoms with Crippen molar-refractivity contribution < 1.29 is 9.53 Å². The molecule has 0 saturated carbocycles. The number of anilines is 2. The van der Waals surface area contributed by atoms with E-state index in [-0.39, 0.29) is 5.91 Å². The first-order chi connectivity index (χ1) is 9.92. The van der Waals surface area contributed by atoms with E-state index >= 15 is 0 Å². The number of aryl methyl sites for hydroxylation is 1. The fourth-order valence-electron chi connectivity index (χ4n) is 1.89. The lowest BCUT2D eigenvalue weighted by Crippen LogP contribution is -2.14. The molecule has 0 aliphatic heterocycles. The van der Waals surface area contributed by atoms with Crippen LogP contribution in [0.15, 0.2) is 39.3 Å². The van der Waals surface area contributed by atoms with Gasteiger partial charge in [-0.15, -0.1) is 0 Å². The minimum absolute atomic E-state index is 0.241. The van der Waals surface area contributed by atoms with Gasteiger partial charge in [0.05, 0.1) is 23.0 Å². The Kier molecular flexibility index (Phi) is 4.90. The summed E-state index contributed by atoms with van der Waals surface area (Å²) in [6.07, 6.45) is 0. The normalized spacial score (nSPS) is 10.3. The molecular formula is C15H14Br2N2O2. The number of rotatable bonds is 3. The first-order valence-electron chi connectivity index (χ1n) is 6.13. The van der Waals surface area contributed by atoms with Crippen LogP contribution in [-0.2, 0) is 0 Å². The average molecular weight is 414 g/mol. The predicted octanol–water partition coefficient (Wildman–Crippen LogP) is 4.36. The standard InChI is InChI=1S/C15H14Br2N2O2/c1-8-5-11(17)14(12(18)6-8)19-15(20)9-3-4-13(21-2)10(16)7-9/h3-7H,18H2,1-2H3,(H,19,20). The average Bonchev–Trinajstić information content (AvgIpc) is 2.42. The number of benzene rings is 2. The fourth-order valence-corrected chi connectivity index (χ4v) is 3.12. The molecule has 2 aromatic carbocycles. The van der Waals surface area contributed by atoms with Crippen LogP contribution >= 0.6 is 31.9 Å². The number of hydrogen-bond acceptors (Lipinski definition) is 3. The molecule has 0 saturated heterocycles. The molecule has 0 atom stereocenters. The van der Waals surface area contributed by atoms with Gasteiger partial charge in [-0.3, -0.25) is 4.79 Å². The number of ether oxygens (including phenoxy) is 1. The Morgan fingerprint density at radius 2 is 1.90 bits per heavy atom. The molecule has 110 valence electrons. The monoisotopic (exact) mass is 412 g/mol. The molecule has 0 aliphatic carbocycles. The zero-order valence-electron chi connectivity index (χ0n) is 11.5. The molecule has 0 bridgehead atoms. The van der Waals surface area contributed by atoms with Crippen LogP contribution in [0.4, 0.5) is 11.4 Å². The second kappa shape index (κ2) is 6.49. The molecule has 0 fully saturated rings. The highest BCUT2D eigenvalue weighted by Gasteiger charge is 2.13. The molecule has 1 amide bonds. The highest BCUT2D eigenvalue weighted by Crippen LogP contribution is 2.31. The first-order valence-corrected chi connectivity index (χ1v) is 7.71. The summed E-state index contributed by atoms with van der Waals surface area (Å²) < 4.78 is 6.61. The van der Waals surface area contributed by atoms with Crippen molar-refractivity contribution >= 4 is 49.1 Å². The largest absolute Gasteiger partial charge is 0.496 e. The van der Waals surface area contributed by atoms with E-state index in [0.717, 1.165) is 10.0 Å². The number of methoxy groups -OCH3 is 1. The van der Waals surface area contributed by atoms with E-state index in [1.807, 2.05) is 19.1 Å². The number of nitrogen functional groups attached to an aromatic ring is 1. The molecule has 0 heterocycles. The maximum atomic E-state index is 12.3. The molecule has 0 radical (unpaired) electrons. The Morgan fingerprint density at radius 1 is 1.19 bits per heavy atom. The molecule has 2 rings (SSSR count). The summed E-state index contributed by atoms with van der Waals surface area (Å²) in [7, 11) is 1.57. The summed E-state index contributed by atoms with van der Waals surface area (Å²) in [6.45, 7) is 1.94. The molecular weight excluding hydrogens is 400 g/mol. The van der Waals surface area contributed by atoms with Gasteiger partial charge in [0.25, 0.3) is 5.91 Å². The molecule has 6 heteroatoms. The number of carbonyl (C=O) groups excluding carboxylic acids is 1. The van der Waals surface area contributed by atoms with E-state index in [1.165, 1.54) is 0 Å². The first kappa shape index (κ1) is 15.9. The third-order valence-electron chi connectivity index (χ3n) is 2.92. The van der Waals surface area contributed by atoms with Crippen LogP contribution in [0.3, 0.4) is 0 Å². The Hall–Kier alpha value is -1.53. The predicted molar refractivity (Wildman–Crippen MR) is 91.9 cm³/mol. The highest BCUT2D eigenvalue weighted by molar-refractivity contribution is 9.11. The van der Waals surface area contributed by atoms with Crippen LogP contribution < -0.4 is 15.8 Å². The van der Waals surface area contributed by atoms with Gasteiger partial charge < -0.3 is 15.8 Å². The van der Waals surface area contributed by atoms with Gasteiger partial charge in [-0.05, 0) is 74.7 Å². The van der Waals surface area contributed by atoms with Gasteiger partial charge >= 0.3 is 0 Å². The quantitative estimate of drug-likeness (QED) is 0.734. The summed E-state index contributed by atoms with van der Waals surface area (Å²) in [4.78, 5) is 12.3. The SMILES string of the molecule is COc1ccc(C(=O)Nc2c(N)cc(C)cc2Br)cc1Br. The summed E-state index contributed by atoms with van der Waals surface area (Å²) in [5, 5.41) is 2.81. The topological polar surface area (TPSA) is 64.3 Å². The number of amides is 1. The van der Waals surface area contributed by atoms with Gasteiger partial charge in [0.2, 0.25) is 0 Å². The Morgan fingerprint density at radius 3 is 2.48 bits per heavy atom. The lowest BCUT2D eigenvalue weighted by atomic mass is 10.1. The smallest absolute Gasteiger partial charge is 0.255 e. The van der Waals surface area contributed by atoms with Crippen LogP contribution in [0, 0.1) is 6.92 Å². The van der Waals surface area contributed by atoms with Gasteiger partial charge in [-0.2, -0.15) is 0 Å². The second-order valence-electron chi connectivity index (χ2n) is 4.51. The lowest BCUT2D eigenvalue weighted by Gasteiger charge is -2.12. The summed E-state index contributed by atoms with van der Waals surface area (Å²) in [5.41, 5.74) is 8.56. The maximum Gasteiger partial charge on any atom is 0.255 e. The molecule has 21 heavy (non-hydrogen) atoms. The van der Waals surface area contributed by atoms with Crippen molar-refractivity contribution in [2.45, 2.75) is 6.92 Å². The van der Waals surface area contributed by atoms with Crippen molar-refractivity contribution in [3.63, 3.8) is 0 Å². The van der Waals surface area contributed by atoms with Crippen LogP contribution in [0.5, 0.6) is 5.75 Å². The van der Waals surface area contributed by atoms with Crippen LogP contribution in [0.1, 0.15) is 15.9 Å². The third-order valence-corrected chi connectivity index (χ3v) is 4.16. The van der Waals surface area contributed by atoms with Gasteiger partial charge in [0.1, 0.15) is 5.75 Å². The molecule has 0 spiro atoms. The van der Waals surface area contributed by atoms with E-state index in [2.05, 4.69) is 37.2 Å². The molecule has 0 aliphatic rings. The van der Waals surface area contributed by atoms with Gasteiger partial charge in [0, 0.05) is 10.0 Å².